The zero-order chi connectivity index (χ0) is 18.8. The molecule has 27 heavy (non-hydrogen) atoms. The maximum absolute atomic E-state index is 12.5. The minimum atomic E-state index is -0.225. The topological polar surface area (TPSA) is 95.6 Å². The maximum Gasteiger partial charge on any atom is 0.319 e. The molecule has 0 spiro atoms. The van der Waals surface area contributed by atoms with Crippen molar-refractivity contribution in [2.75, 3.05) is 5.32 Å². The highest BCUT2D eigenvalue weighted by atomic mass is 16.2. The zero-order valence-electron chi connectivity index (χ0n) is 15.4. The van der Waals surface area contributed by atoms with Gasteiger partial charge in [0.05, 0.1) is 11.7 Å². The van der Waals surface area contributed by atoms with Gasteiger partial charge in [-0.1, -0.05) is 6.07 Å². The highest BCUT2D eigenvalue weighted by Gasteiger charge is 2.34. The normalized spacial score (nSPS) is 14.6. The van der Waals surface area contributed by atoms with Crippen molar-refractivity contribution in [2.24, 2.45) is 5.92 Å². The fourth-order valence-corrected chi connectivity index (χ4v) is 3.08. The van der Waals surface area contributed by atoms with Gasteiger partial charge in [-0.2, -0.15) is 5.10 Å². The first kappa shape index (κ1) is 17.2. The minimum Gasteiger partial charge on any atom is -0.329 e. The Morgan fingerprint density at radius 2 is 1.89 bits per heavy atom. The number of carbonyl (C=O) groups excluding carboxylic acids is 1. The molecule has 0 radical (unpaired) electrons. The lowest BCUT2D eigenvalue weighted by molar-refractivity contribution is 0.246. The molecule has 138 valence electrons. The Kier molecular flexibility index (Phi) is 4.58. The van der Waals surface area contributed by atoms with Crippen LogP contribution in [0.4, 0.5) is 10.5 Å². The zero-order valence-corrected chi connectivity index (χ0v) is 15.4. The first-order chi connectivity index (χ1) is 13.1. The molecule has 0 saturated heterocycles. The fraction of sp³-hybridized carbons (Fsp3) is 0.300. The van der Waals surface area contributed by atoms with Crippen LogP contribution in [0.25, 0.3) is 11.4 Å². The van der Waals surface area contributed by atoms with Gasteiger partial charge in [-0.05, 0) is 69.0 Å². The van der Waals surface area contributed by atoms with E-state index in [4.69, 9.17) is 0 Å². The number of hydrogen-bond donors (Lipinski definition) is 3. The number of rotatable bonds is 5. The molecule has 0 unspecified atom stereocenters. The van der Waals surface area contributed by atoms with Crippen LogP contribution in [0.15, 0.2) is 42.5 Å². The molecular formula is C20H22N6O. The quantitative estimate of drug-likeness (QED) is 0.644. The van der Waals surface area contributed by atoms with Gasteiger partial charge in [0.1, 0.15) is 5.82 Å². The Morgan fingerprint density at radius 3 is 2.52 bits per heavy atom. The van der Waals surface area contributed by atoms with E-state index < -0.39 is 0 Å². The van der Waals surface area contributed by atoms with Crippen LogP contribution in [0.5, 0.6) is 0 Å². The number of urea groups is 1. The molecule has 4 rings (SSSR count). The minimum absolute atomic E-state index is 0.0552. The Bertz CT molecular complexity index is 945. The van der Waals surface area contributed by atoms with Crippen LogP contribution in [0.2, 0.25) is 0 Å². The van der Waals surface area contributed by atoms with E-state index in [1.807, 2.05) is 56.3 Å². The van der Waals surface area contributed by atoms with Crippen molar-refractivity contribution < 1.29 is 4.79 Å². The third-order valence-electron chi connectivity index (χ3n) is 4.61. The van der Waals surface area contributed by atoms with Crippen molar-refractivity contribution in [2.45, 2.75) is 32.7 Å². The third kappa shape index (κ3) is 4.13. The van der Waals surface area contributed by atoms with Crippen molar-refractivity contribution in [1.29, 1.82) is 0 Å². The fourth-order valence-electron chi connectivity index (χ4n) is 3.08. The van der Waals surface area contributed by atoms with Crippen LogP contribution in [-0.4, -0.2) is 26.2 Å². The molecule has 2 aromatic heterocycles. The molecule has 0 aliphatic heterocycles. The molecule has 3 aromatic rings. The van der Waals surface area contributed by atoms with Gasteiger partial charge < -0.3 is 10.6 Å². The van der Waals surface area contributed by atoms with E-state index in [1.54, 1.807) is 0 Å². The molecule has 1 saturated carbocycles. The second-order valence-electron chi connectivity index (χ2n) is 6.94. The van der Waals surface area contributed by atoms with E-state index in [0.717, 1.165) is 41.3 Å². The van der Waals surface area contributed by atoms with E-state index >= 15 is 0 Å². The van der Waals surface area contributed by atoms with E-state index in [0.29, 0.717) is 11.7 Å². The number of nitrogens with zero attached hydrogens (tertiary/aromatic N) is 3. The molecule has 1 atom stereocenters. The molecule has 7 nitrogen and oxygen atoms in total. The van der Waals surface area contributed by atoms with Crippen molar-refractivity contribution in [3.8, 4) is 11.4 Å². The summed E-state index contributed by atoms with van der Waals surface area (Å²) in [7, 11) is 0. The molecule has 1 fully saturated rings. The Hall–Kier alpha value is -3.22. The average Bonchev–Trinajstić information content (AvgIpc) is 3.41. The molecule has 2 heterocycles. The second kappa shape index (κ2) is 7.19. The van der Waals surface area contributed by atoms with Crippen molar-refractivity contribution in [1.82, 2.24) is 25.5 Å². The molecular weight excluding hydrogens is 340 g/mol. The largest absolute Gasteiger partial charge is 0.329 e. The van der Waals surface area contributed by atoms with Gasteiger partial charge in [0, 0.05) is 16.9 Å². The van der Waals surface area contributed by atoms with E-state index in [-0.39, 0.29) is 12.1 Å². The summed E-state index contributed by atoms with van der Waals surface area (Å²) >= 11 is 0. The molecule has 3 N–H and O–H groups in total. The number of amides is 2. The van der Waals surface area contributed by atoms with Crippen LogP contribution < -0.4 is 10.6 Å². The summed E-state index contributed by atoms with van der Waals surface area (Å²) < 4.78 is 0. The Labute approximate surface area is 157 Å². The predicted molar refractivity (Wildman–Crippen MR) is 103 cm³/mol. The average molecular weight is 362 g/mol. The SMILES string of the molecule is Cc1cccc([C@H](NC(=O)Nc2ccc(-c3n[nH]c(C)n3)cc2)C2CC2)n1. The molecule has 7 heteroatoms. The van der Waals surface area contributed by atoms with Crippen molar-refractivity contribution in [3.05, 3.63) is 59.7 Å². The lowest BCUT2D eigenvalue weighted by Gasteiger charge is -2.18. The summed E-state index contributed by atoms with van der Waals surface area (Å²) in [6.07, 6.45) is 2.23. The molecule has 0 bridgehead atoms. The summed E-state index contributed by atoms with van der Waals surface area (Å²) in [4.78, 5) is 21.4. The maximum atomic E-state index is 12.5. The van der Waals surface area contributed by atoms with E-state index in [2.05, 4.69) is 30.8 Å². The van der Waals surface area contributed by atoms with Crippen molar-refractivity contribution in [3.63, 3.8) is 0 Å². The monoisotopic (exact) mass is 362 g/mol. The van der Waals surface area contributed by atoms with Gasteiger partial charge >= 0.3 is 6.03 Å². The number of aryl methyl sites for hydroxylation is 2. The first-order valence-electron chi connectivity index (χ1n) is 9.09. The summed E-state index contributed by atoms with van der Waals surface area (Å²) in [5, 5.41) is 12.9. The Balaban J connectivity index is 1.42. The summed E-state index contributed by atoms with van der Waals surface area (Å²) in [5.74, 6) is 1.87. The van der Waals surface area contributed by atoms with Gasteiger partial charge in [0.2, 0.25) is 0 Å². The number of aromatic nitrogens is 4. The summed E-state index contributed by atoms with van der Waals surface area (Å²) in [6, 6.07) is 13.1. The van der Waals surface area contributed by atoms with Crippen LogP contribution in [0, 0.1) is 19.8 Å². The van der Waals surface area contributed by atoms with E-state index in [1.165, 1.54) is 0 Å². The first-order valence-corrected chi connectivity index (χ1v) is 9.09. The highest BCUT2D eigenvalue weighted by molar-refractivity contribution is 5.89. The van der Waals surface area contributed by atoms with Crippen LogP contribution in [-0.2, 0) is 0 Å². The second-order valence-corrected chi connectivity index (χ2v) is 6.94. The van der Waals surface area contributed by atoms with Crippen molar-refractivity contribution >= 4 is 11.7 Å². The molecule has 1 aromatic carbocycles. The number of nitrogens with one attached hydrogen (secondary N) is 3. The van der Waals surface area contributed by atoms with Crippen LogP contribution in [0.1, 0.15) is 36.1 Å². The smallest absolute Gasteiger partial charge is 0.319 e. The van der Waals surface area contributed by atoms with Crippen LogP contribution >= 0.6 is 0 Å². The standard InChI is InChI=1S/C20H22N6O/c1-12-4-3-5-17(21-12)18(14-6-7-14)24-20(27)23-16-10-8-15(9-11-16)19-22-13(2)25-26-19/h3-5,8-11,14,18H,6-7H2,1-2H3,(H,22,25,26)(H2,23,24,27)/t18-/m1/s1. The lowest BCUT2D eigenvalue weighted by Crippen LogP contribution is -2.34. The molecule has 1 aliphatic rings. The third-order valence-corrected chi connectivity index (χ3v) is 4.61. The number of H-pyrrole nitrogens is 1. The lowest BCUT2D eigenvalue weighted by atomic mass is 10.1. The number of benzene rings is 1. The number of aromatic amines is 1. The number of hydrogen-bond acceptors (Lipinski definition) is 4. The summed E-state index contributed by atoms with van der Waals surface area (Å²) in [5.41, 5.74) is 3.49. The predicted octanol–water partition coefficient (Wildman–Crippen LogP) is 3.76. The van der Waals surface area contributed by atoms with Gasteiger partial charge in [0.15, 0.2) is 5.82 Å². The molecule has 2 amide bonds. The number of anilines is 1. The van der Waals surface area contributed by atoms with Crippen LogP contribution in [0.3, 0.4) is 0 Å². The highest BCUT2D eigenvalue weighted by Crippen LogP contribution is 2.40. The number of carbonyl (C=O) groups is 1. The van der Waals surface area contributed by atoms with Gasteiger partial charge in [-0.25, -0.2) is 9.78 Å². The van der Waals surface area contributed by atoms with Gasteiger partial charge in [-0.3, -0.25) is 10.1 Å². The number of pyridine rings is 1. The van der Waals surface area contributed by atoms with Gasteiger partial charge in [0.25, 0.3) is 0 Å². The molecule has 1 aliphatic carbocycles. The summed E-state index contributed by atoms with van der Waals surface area (Å²) in [6.45, 7) is 3.82. The van der Waals surface area contributed by atoms with Gasteiger partial charge in [-0.15, -0.1) is 0 Å². The Morgan fingerprint density at radius 1 is 1.11 bits per heavy atom. The van der Waals surface area contributed by atoms with E-state index in [9.17, 15) is 4.79 Å².